The Balaban J connectivity index is 2.37. The molecule has 0 saturated carbocycles. The highest BCUT2D eigenvalue weighted by molar-refractivity contribution is 7.88. The van der Waals surface area contributed by atoms with E-state index in [4.69, 9.17) is 0 Å². The first-order valence-electron chi connectivity index (χ1n) is 5.82. The molecule has 0 saturated heterocycles. The van der Waals surface area contributed by atoms with Crippen molar-refractivity contribution in [1.29, 1.82) is 0 Å². The summed E-state index contributed by atoms with van der Waals surface area (Å²) in [6.07, 6.45) is 1.60. The molecule has 0 aliphatic carbocycles. The normalized spacial score (nSPS) is 11.3. The van der Waals surface area contributed by atoms with Crippen molar-refractivity contribution in [3.63, 3.8) is 0 Å². The fourth-order valence-electron chi connectivity index (χ4n) is 1.45. The number of nitrogens with one attached hydrogen (secondary N) is 2. The SMILES string of the molecule is Cc1cc(C(=O)NCCCNS(C)(=O)=O)ccc1O. The van der Waals surface area contributed by atoms with Gasteiger partial charge in [0.05, 0.1) is 6.26 Å². The Labute approximate surface area is 112 Å². The van der Waals surface area contributed by atoms with Gasteiger partial charge >= 0.3 is 0 Å². The zero-order valence-corrected chi connectivity index (χ0v) is 11.8. The van der Waals surface area contributed by atoms with Crippen LogP contribution in [0.15, 0.2) is 18.2 Å². The zero-order valence-electron chi connectivity index (χ0n) is 10.9. The Morgan fingerprint density at radius 3 is 2.58 bits per heavy atom. The predicted octanol–water partition coefficient (Wildman–Crippen LogP) is 0.370. The first-order valence-corrected chi connectivity index (χ1v) is 7.71. The van der Waals surface area contributed by atoms with Gasteiger partial charge in [-0.25, -0.2) is 13.1 Å². The number of phenols is 1. The lowest BCUT2D eigenvalue weighted by molar-refractivity contribution is 0.0953. The Morgan fingerprint density at radius 1 is 1.32 bits per heavy atom. The molecule has 0 bridgehead atoms. The first-order chi connectivity index (χ1) is 8.79. The second kappa shape index (κ2) is 6.53. The number of rotatable bonds is 6. The summed E-state index contributed by atoms with van der Waals surface area (Å²) in [6, 6.07) is 4.60. The Bertz CT molecular complexity index is 555. The van der Waals surface area contributed by atoms with Crippen molar-refractivity contribution in [1.82, 2.24) is 10.0 Å². The molecule has 19 heavy (non-hydrogen) atoms. The van der Waals surface area contributed by atoms with E-state index in [1.807, 2.05) is 0 Å². The van der Waals surface area contributed by atoms with Crippen molar-refractivity contribution in [2.75, 3.05) is 19.3 Å². The number of hydrogen-bond acceptors (Lipinski definition) is 4. The van der Waals surface area contributed by atoms with Gasteiger partial charge < -0.3 is 10.4 Å². The third-order valence-corrected chi connectivity index (χ3v) is 3.19. The van der Waals surface area contributed by atoms with E-state index in [1.165, 1.54) is 12.1 Å². The van der Waals surface area contributed by atoms with Gasteiger partial charge in [0.15, 0.2) is 0 Å². The smallest absolute Gasteiger partial charge is 0.251 e. The van der Waals surface area contributed by atoms with Crippen LogP contribution in [0, 0.1) is 6.92 Å². The quantitative estimate of drug-likeness (QED) is 0.658. The van der Waals surface area contributed by atoms with Gasteiger partial charge in [-0.2, -0.15) is 0 Å². The topological polar surface area (TPSA) is 95.5 Å². The van der Waals surface area contributed by atoms with Crippen molar-refractivity contribution in [2.45, 2.75) is 13.3 Å². The fraction of sp³-hybridized carbons (Fsp3) is 0.417. The number of phenolic OH excluding ortho intramolecular Hbond substituents is 1. The molecule has 7 heteroatoms. The number of aryl methyl sites for hydroxylation is 1. The van der Waals surface area contributed by atoms with E-state index in [0.717, 1.165) is 6.26 Å². The second-order valence-corrected chi connectivity index (χ2v) is 6.11. The van der Waals surface area contributed by atoms with Crippen molar-refractivity contribution in [3.05, 3.63) is 29.3 Å². The summed E-state index contributed by atoms with van der Waals surface area (Å²) in [5, 5.41) is 12.0. The molecule has 6 nitrogen and oxygen atoms in total. The number of sulfonamides is 1. The predicted molar refractivity (Wildman–Crippen MR) is 72.6 cm³/mol. The van der Waals surface area contributed by atoms with Crippen LogP contribution in [0.3, 0.4) is 0 Å². The van der Waals surface area contributed by atoms with E-state index in [-0.39, 0.29) is 18.2 Å². The molecule has 1 rings (SSSR count). The molecule has 1 amide bonds. The highest BCUT2D eigenvalue weighted by atomic mass is 32.2. The van der Waals surface area contributed by atoms with Crippen LogP contribution >= 0.6 is 0 Å². The maximum absolute atomic E-state index is 11.7. The summed E-state index contributed by atoms with van der Waals surface area (Å²) in [7, 11) is -3.18. The number of hydrogen-bond donors (Lipinski definition) is 3. The van der Waals surface area contributed by atoms with Crippen LogP contribution in [0.4, 0.5) is 0 Å². The second-order valence-electron chi connectivity index (χ2n) is 4.28. The zero-order chi connectivity index (χ0) is 14.5. The molecule has 0 aromatic heterocycles. The summed E-state index contributed by atoms with van der Waals surface area (Å²) in [4.78, 5) is 11.7. The van der Waals surface area contributed by atoms with E-state index >= 15 is 0 Å². The average molecular weight is 286 g/mol. The van der Waals surface area contributed by atoms with Gasteiger partial charge in [0.2, 0.25) is 10.0 Å². The van der Waals surface area contributed by atoms with E-state index in [1.54, 1.807) is 13.0 Å². The molecule has 0 fully saturated rings. The maximum atomic E-state index is 11.7. The molecule has 0 spiro atoms. The molecule has 0 aliphatic heterocycles. The van der Waals surface area contributed by atoms with Crippen LogP contribution in [-0.2, 0) is 10.0 Å². The highest BCUT2D eigenvalue weighted by Gasteiger charge is 2.06. The van der Waals surface area contributed by atoms with Crippen LogP contribution < -0.4 is 10.0 Å². The Kier molecular flexibility index (Phi) is 5.31. The molecule has 0 heterocycles. The first kappa shape index (κ1) is 15.5. The fourth-order valence-corrected chi connectivity index (χ4v) is 1.96. The van der Waals surface area contributed by atoms with E-state index in [0.29, 0.717) is 24.1 Å². The molecule has 1 aromatic rings. The van der Waals surface area contributed by atoms with Crippen LogP contribution in [0.2, 0.25) is 0 Å². The highest BCUT2D eigenvalue weighted by Crippen LogP contribution is 2.16. The maximum Gasteiger partial charge on any atom is 0.251 e. The van der Waals surface area contributed by atoms with Crippen molar-refractivity contribution in [3.8, 4) is 5.75 Å². The van der Waals surface area contributed by atoms with Gasteiger partial charge in [-0.05, 0) is 37.1 Å². The monoisotopic (exact) mass is 286 g/mol. The van der Waals surface area contributed by atoms with Gasteiger partial charge in [-0.15, -0.1) is 0 Å². The van der Waals surface area contributed by atoms with Gasteiger partial charge in [0.1, 0.15) is 5.75 Å². The standard InChI is InChI=1S/C12H18N2O4S/c1-9-8-10(4-5-11(9)15)12(16)13-6-3-7-14-19(2,17)18/h4-5,8,14-15H,3,6-7H2,1-2H3,(H,13,16). The minimum absolute atomic E-state index is 0.147. The Hall–Kier alpha value is -1.60. The Morgan fingerprint density at radius 2 is 2.00 bits per heavy atom. The van der Waals surface area contributed by atoms with Crippen LogP contribution in [-0.4, -0.2) is 38.8 Å². The van der Waals surface area contributed by atoms with Gasteiger partial charge in [-0.3, -0.25) is 4.79 Å². The molecular formula is C12H18N2O4S. The van der Waals surface area contributed by atoms with Gasteiger partial charge in [0.25, 0.3) is 5.91 Å². The molecule has 106 valence electrons. The van der Waals surface area contributed by atoms with E-state index < -0.39 is 10.0 Å². The number of carbonyl (C=O) groups is 1. The largest absolute Gasteiger partial charge is 0.508 e. The number of carbonyl (C=O) groups excluding carboxylic acids is 1. The van der Waals surface area contributed by atoms with Crippen molar-refractivity contribution in [2.24, 2.45) is 0 Å². The van der Waals surface area contributed by atoms with Crippen LogP contribution in [0.5, 0.6) is 5.75 Å². The summed E-state index contributed by atoms with van der Waals surface area (Å²) in [6.45, 7) is 2.37. The molecule has 0 aliphatic rings. The van der Waals surface area contributed by atoms with E-state index in [9.17, 15) is 18.3 Å². The van der Waals surface area contributed by atoms with Gasteiger partial charge in [0, 0.05) is 18.7 Å². The molecular weight excluding hydrogens is 268 g/mol. The minimum Gasteiger partial charge on any atom is -0.508 e. The molecule has 3 N–H and O–H groups in total. The van der Waals surface area contributed by atoms with E-state index in [2.05, 4.69) is 10.0 Å². The van der Waals surface area contributed by atoms with Crippen LogP contribution in [0.25, 0.3) is 0 Å². The lowest BCUT2D eigenvalue weighted by Crippen LogP contribution is -2.29. The summed E-state index contributed by atoms with van der Waals surface area (Å²) >= 11 is 0. The lowest BCUT2D eigenvalue weighted by Gasteiger charge is -2.07. The third-order valence-electron chi connectivity index (χ3n) is 2.46. The number of aromatic hydroxyl groups is 1. The van der Waals surface area contributed by atoms with Crippen molar-refractivity contribution >= 4 is 15.9 Å². The summed E-state index contributed by atoms with van der Waals surface area (Å²) in [5.74, 6) is -0.101. The summed E-state index contributed by atoms with van der Waals surface area (Å²) < 4.78 is 23.9. The number of benzene rings is 1. The molecule has 1 aromatic carbocycles. The van der Waals surface area contributed by atoms with Gasteiger partial charge in [-0.1, -0.05) is 0 Å². The molecule has 0 radical (unpaired) electrons. The lowest BCUT2D eigenvalue weighted by atomic mass is 10.1. The summed E-state index contributed by atoms with van der Waals surface area (Å²) in [5.41, 5.74) is 1.10. The third kappa shape index (κ3) is 5.71. The minimum atomic E-state index is -3.18. The number of amides is 1. The average Bonchev–Trinajstić information content (AvgIpc) is 2.30. The molecule has 0 atom stereocenters. The van der Waals surface area contributed by atoms with Crippen LogP contribution in [0.1, 0.15) is 22.3 Å². The van der Waals surface area contributed by atoms with Crippen molar-refractivity contribution < 1.29 is 18.3 Å². The molecule has 0 unspecified atom stereocenters.